The van der Waals surface area contributed by atoms with Gasteiger partial charge in [-0.1, -0.05) is 48.5 Å². The molecule has 0 aliphatic carbocycles. The highest BCUT2D eigenvalue weighted by Crippen LogP contribution is 2.40. The van der Waals surface area contributed by atoms with E-state index in [2.05, 4.69) is 22.9 Å². The fourth-order valence-corrected chi connectivity index (χ4v) is 4.05. The van der Waals surface area contributed by atoms with Crippen molar-refractivity contribution in [2.24, 2.45) is 10.2 Å². The number of hydrogen-bond acceptors (Lipinski definition) is 6. The second kappa shape index (κ2) is 6.90. The van der Waals surface area contributed by atoms with Gasteiger partial charge in [0.1, 0.15) is 10.6 Å². The first-order valence-electron chi connectivity index (χ1n) is 8.21. The van der Waals surface area contributed by atoms with E-state index in [1.54, 1.807) is 30.3 Å². The van der Waals surface area contributed by atoms with Gasteiger partial charge in [0.05, 0.1) is 5.69 Å². The van der Waals surface area contributed by atoms with Crippen molar-refractivity contribution in [3.63, 3.8) is 0 Å². The largest absolute Gasteiger partial charge is 0.505 e. The number of benzene rings is 4. The Bertz CT molecular complexity index is 1370. The van der Waals surface area contributed by atoms with Gasteiger partial charge in [0.25, 0.3) is 10.1 Å². The van der Waals surface area contributed by atoms with E-state index in [1.165, 1.54) is 6.07 Å². The van der Waals surface area contributed by atoms with Crippen molar-refractivity contribution < 1.29 is 18.1 Å². The van der Waals surface area contributed by atoms with E-state index in [1.807, 2.05) is 24.3 Å². The maximum atomic E-state index is 11.8. The number of phenolic OH excluding ortho intramolecular Hbond substituents is 1. The lowest BCUT2D eigenvalue weighted by atomic mass is 10.1. The minimum Gasteiger partial charge on any atom is -0.505 e. The quantitative estimate of drug-likeness (QED) is 0.231. The van der Waals surface area contributed by atoms with E-state index in [9.17, 15) is 18.1 Å². The number of phenols is 1. The molecule has 0 amide bonds. The van der Waals surface area contributed by atoms with Gasteiger partial charge in [-0.15, -0.1) is 22.9 Å². The number of hydrogen-bond donors (Lipinski definition) is 3. The zero-order chi connectivity index (χ0) is 19.9. The first kappa shape index (κ1) is 18.4. The minimum absolute atomic E-state index is 0.0645. The molecule has 4 aromatic carbocycles. The maximum Gasteiger partial charge on any atom is 0.295 e. The van der Waals surface area contributed by atoms with E-state index < -0.39 is 10.1 Å². The van der Waals surface area contributed by atoms with Crippen LogP contribution in [0.25, 0.3) is 21.5 Å². The summed E-state index contributed by atoms with van der Waals surface area (Å²) in [6.45, 7) is 0. The molecule has 2 N–H and O–H groups in total. The number of azo groups is 1. The number of rotatable bonds is 3. The van der Waals surface area contributed by atoms with Crippen LogP contribution in [0, 0.1) is 0 Å². The van der Waals surface area contributed by atoms with Gasteiger partial charge in [-0.3, -0.25) is 4.55 Å². The van der Waals surface area contributed by atoms with Crippen LogP contribution < -0.4 is 0 Å². The van der Waals surface area contributed by atoms with E-state index >= 15 is 0 Å². The molecule has 0 radical (unpaired) electrons. The Labute approximate surface area is 166 Å². The van der Waals surface area contributed by atoms with Crippen molar-refractivity contribution in [2.75, 3.05) is 0 Å². The Morgan fingerprint density at radius 1 is 0.750 bits per heavy atom. The van der Waals surface area contributed by atoms with Crippen LogP contribution in [-0.2, 0) is 10.1 Å². The summed E-state index contributed by atoms with van der Waals surface area (Å²) in [5, 5.41) is 20.9. The topological polar surface area (TPSA) is 99.3 Å². The van der Waals surface area contributed by atoms with Crippen molar-refractivity contribution in [2.45, 2.75) is 9.79 Å². The molecule has 4 rings (SSSR count). The molecule has 4 aromatic rings. The number of nitrogens with zero attached hydrogens (tertiary/aromatic N) is 2. The Morgan fingerprint density at radius 3 is 2.00 bits per heavy atom. The third-order valence-electron chi connectivity index (χ3n) is 4.38. The fraction of sp³-hybridized carbons (Fsp3) is 0. The highest BCUT2D eigenvalue weighted by atomic mass is 32.2. The molecule has 0 aliphatic rings. The molecule has 0 heterocycles. The van der Waals surface area contributed by atoms with Crippen molar-refractivity contribution >= 4 is 55.7 Å². The molecule has 0 atom stereocenters. The fourth-order valence-electron chi connectivity index (χ4n) is 3.06. The van der Waals surface area contributed by atoms with Crippen LogP contribution in [-0.4, -0.2) is 18.1 Å². The van der Waals surface area contributed by atoms with Crippen LogP contribution in [0.4, 0.5) is 11.4 Å². The molecule has 0 aliphatic heterocycles. The van der Waals surface area contributed by atoms with Gasteiger partial charge in [-0.2, -0.15) is 8.42 Å². The van der Waals surface area contributed by atoms with Crippen LogP contribution in [0.3, 0.4) is 0 Å². The SMILES string of the molecule is O=S(=O)(O)c1cc(N=Nc2ccc(S)c3ccccc23)c(O)c2ccccc12. The first-order chi connectivity index (χ1) is 13.4. The van der Waals surface area contributed by atoms with Crippen LogP contribution in [0.5, 0.6) is 5.75 Å². The van der Waals surface area contributed by atoms with E-state index in [0.717, 1.165) is 21.7 Å². The number of aromatic hydroxyl groups is 1. The van der Waals surface area contributed by atoms with Gasteiger partial charge in [0, 0.05) is 21.1 Å². The molecule has 140 valence electrons. The molecule has 0 saturated heterocycles. The molecule has 0 unspecified atom stereocenters. The van der Waals surface area contributed by atoms with E-state index in [-0.39, 0.29) is 27.1 Å². The third-order valence-corrected chi connectivity index (χ3v) is 5.66. The van der Waals surface area contributed by atoms with Gasteiger partial charge < -0.3 is 5.11 Å². The summed E-state index contributed by atoms with van der Waals surface area (Å²) in [5.74, 6) is -0.220. The smallest absolute Gasteiger partial charge is 0.295 e. The number of fused-ring (bicyclic) bond motifs is 2. The second-order valence-electron chi connectivity index (χ2n) is 6.11. The molecular formula is C20H14N2O4S2. The predicted molar refractivity (Wildman–Crippen MR) is 111 cm³/mol. The summed E-state index contributed by atoms with van der Waals surface area (Å²) in [4.78, 5) is 0.446. The van der Waals surface area contributed by atoms with Crippen molar-refractivity contribution in [3.05, 3.63) is 66.7 Å². The lowest BCUT2D eigenvalue weighted by molar-refractivity contribution is 0.480. The van der Waals surface area contributed by atoms with Crippen LogP contribution in [0.2, 0.25) is 0 Å². The lowest BCUT2D eigenvalue weighted by Crippen LogP contribution is -1.99. The monoisotopic (exact) mass is 410 g/mol. The van der Waals surface area contributed by atoms with Crippen molar-refractivity contribution in [3.8, 4) is 5.75 Å². The van der Waals surface area contributed by atoms with Gasteiger partial charge in [-0.25, -0.2) is 0 Å². The van der Waals surface area contributed by atoms with Crippen molar-refractivity contribution in [1.29, 1.82) is 0 Å². The molecule has 0 aromatic heterocycles. The standard InChI is InChI=1S/C20H14N2O4S2/c23-20-15-8-4-3-7-14(15)19(28(24,25)26)11-17(20)22-21-16-9-10-18(27)13-6-2-1-5-12(13)16/h1-11,23,27H,(H,24,25,26). The summed E-state index contributed by atoms with van der Waals surface area (Å²) in [6, 6.07) is 18.4. The summed E-state index contributed by atoms with van der Waals surface area (Å²) in [7, 11) is -4.51. The molecule has 28 heavy (non-hydrogen) atoms. The summed E-state index contributed by atoms with van der Waals surface area (Å²) < 4.78 is 33.1. The summed E-state index contributed by atoms with van der Waals surface area (Å²) in [6.07, 6.45) is 0. The van der Waals surface area contributed by atoms with Gasteiger partial charge in [-0.05, 0) is 23.6 Å². The second-order valence-corrected chi connectivity index (χ2v) is 7.98. The zero-order valence-electron chi connectivity index (χ0n) is 14.3. The Hall–Kier alpha value is -2.94. The van der Waals surface area contributed by atoms with E-state index in [0.29, 0.717) is 5.69 Å². The summed E-state index contributed by atoms with van der Waals surface area (Å²) >= 11 is 4.43. The zero-order valence-corrected chi connectivity index (χ0v) is 16.0. The molecule has 0 saturated carbocycles. The molecule has 0 bridgehead atoms. The molecule has 0 fully saturated rings. The van der Waals surface area contributed by atoms with Crippen LogP contribution in [0.1, 0.15) is 0 Å². The minimum atomic E-state index is -4.51. The number of thiol groups is 1. The Balaban J connectivity index is 1.92. The van der Waals surface area contributed by atoms with Gasteiger partial charge in [0.2, 0.25) is 0 Å². The van der Waals surface area contributed by atoms with Gasteiger partial charge >= 0.3 is 0 Å². The van der Waals surface area contributed by atoms with Crippen LogP contribution >= 0.6 is 12.6 Å². The molecular weight excluding hydrogens is 396 g/mol. The molecule has 0 spiro atoms. The Morgan fingerprint density at radius 2 is 1.32 bits per heavy atom. The average molecular weight is 410 g/mol. The summed E-state index contributed by atoms with van der Waals surface area (Å²) in [5.41, 5.74) is 0.472. The third kappa shape index (κ3) is 3.22. The first-order valence-corrected chi connectivity index (χ1v) is 10.1. The average Bonchev–Trinajstić information content (AvgIpc) is 2.68. The van der Waals surface area contributed by atoms with Gasteiger partial charge in [0.15, 0.2) is 5.75 Å². The normalized spacial score (nSPS) is 12.2. The maximum absolute atomic E-state index is 11.8. The predicted octanol–water partition coefficient (Wildman–Crippen LogP) is 5.65. The Kier molecular flexibility index (Phi) is 4.54. The lowest BCUT2D eigenvalue weighted by Gasteiger charge is -2.08. The highest BCUT2D eigenvalue weighted by molar-refractivity contribution is 7.86. The van der Waals surface area contributed by atoms with Crippen LogP contribution in [0.15, 0.2) is 86.7 Å². The van der Waals surface area contributed by atoms with Crippen molar-refractivity contribution in [1.82, 2.24) is 0 Å². The molecule has 8 heteroatoms. The highest BCUT2D eigenvalue weighted by Gasteiger charge is 2.19. The van der Waals surface area contributed by atoms with E-state index in [4.69, 9.17) is 0 Å². The molecule has 6 nitrogen and oxygen atoms in total.